The second kappa shape index (κ2) is 5.74. The van der Waals surface area contributed by atoms with E-state index >= 15 is 0 Å². The van der Waals surface area contributed by atoms with E-state index in [1.54, 1.807) is 13.0 Å². The van der Waals surface area contributed by atoms with Gasteiger partial charge in [0.1, 0.15) is 6.07 Å². The Hall–Kier alpha value is -1.45. The van der Waals surface area contributed by atoms with Crippen LogP contribution in [-0.4, -0.2) is 30.0 Å². The summed E-state index contributed by atoms with van der Waals surface area (Å²) in [5, 5.41) is 18.7. The highest BCUT2D eigenvalue weighted by Gasteiger charge is 2.47. The van der Waals surface area contributed by atoms with E-state index in [1.165, 1.54) is 11.0 Å². The van der Waals surface area contributed by atoms with Crippen LogP contribution in [0.1, 0.15) is 24.0 Å². The highest BCUT2D eigenvalue weighted by atomic mass is 35.5. The van der Waals surface area contributed by atoms with Gasteiger partial charge in [0.15, 0.2) is 6.10 Å². The van der Waals surface area contributed by atoms with Crippen LogP contribution in [0.25, 0.3) is 0 Å². The van der Waals surface area contributed by atoms with Gasteiger partial charge in [0.2, 0.25) is 0 Å². The Balaban J connectivity index is 2.38. The highest BCUT2D eigenvalue weighted by molar-refractivity contribution is 6.32. The summed E-state index contributed by atoms with van der Waals surface area (Å²) < 4.78 is 38.2. The lowest BCUT2D eigenvalue weighted by molar-refractivity contribution is -0.209. The van der Waals surface area contributed by atoms with Crippen molar-refractivity contribution in [1.29, 1.82) is 5.26 Å². The van der Waals surface area contributed by atoms with Crippen LogP contribution in [0.2, 0.25) is 5.02 Å². The predicted molar refractivity (Wildman–Crippen MR) is 73.3 cm³/mol. The third-order valence-electron chi connectivity index (χ3n) is 3.79. The molecule has 0 aromatic heterocycles. The number of alkyl halides is 3. The SMILES string of the molecule is Cc1c(N2CCC[C@H]2[C@@H](O)C(F)(F)F)ccc(C#N)c1Cl. The van der Waals surface area contributed by atoms with E-state index in [2.05, 4.69) is 0 Å². The number of nitrogens with zero attached hydrogens (tertiary/aromatic N) is 2. The standard InChI is InChI=1S/C14H14ClF3N2O/c1-8-10(5-4-9(7-19)12(8)15)20-6-2-3-11(20)13(21)14(16,17)18/h4-5,11,13,21H,2-3,6H2,1H3/t11-,13+/m0/s1. The molecule has 1 aromatic carbocycles. The first-order valence-corrected chi connectivity index (χ1v) is 6.85. The molecule has 1 saturated heterocycles. The van der Waals surface area contributed by atoms with E-state index in [0.29, 0.717) is 24.2 Å². The summed E-state index contributed by atoms with van der Waals surface area (Å²) in [6.45, 7) is 2.08. The van der Waals surface area contributed by atoms with Crippen LogP contribution in [0.3, 0.4) is 0 Å². The summed E-state index contributed by atoms with van der Waals surface area (Å²) in [4.78, 5) is 1.53. The van der Waals surface area contributed by atoms with Gasteiger partial charge >= 0.3 is 6.18 Å². The zero-order valence-corrected chi connectivity index (χ0v) is 12.0. The van der Waals surface area contributed by atoms with Gasteiger partial charge in [-0.2, -0.15) is 18.4 Å². The first kappa shape index (κ1) is 15.9. The summed E-state index contributed by atoms with van der Waals surface area (Å²) in [6, 6.07) is 3.98. The van der Waals surface area contributed by atoms with Crippen LogP contribution < -0.4 is 4.90 Å². The van der Waals surface area contributed by atoms with Crippen molar-refractivity contribution in [2.75, 3.05) is 11.4 Å². The van der Waals surface area contributed by atoms with Gasteiger partial charge in [-0.1, -0.05) is 11.6 Å². The number of benzene rings is 1. The van der Waals surface area contributed by atoms with Gasteiger partial charge in [-0.25, -0.2) is 0 Å². The molecular formula is C14H14ClF3N2O. The van der Waals surface area contributed by atoms with Crippen molar-refractivity contribution in [2.24, 2.45) is 0 Å². The molecule has 1 N–H and O–H groups in total. The quantitative estimate of drug-likeness (QED) is 0.909. The Kier molecular flexibility index (Phi) is 4.35. The van der Waals surface area contributed by atoms with E-state index in [9.17, 15) is 18.3 Å². The Morgan fingerprint density at radius 2 is 2.14 bits per heavy atom. The van der Waals surface area contributed by atoms with Crippen LogP contribution >= 0.6 is 11.6 Å². The third-order valence-corrected chi connectivity index (χ3v) is 4.27. The van der Waals surface area contributed by atoms with Gasteiger partial charge in [0.05, 0.1) is 16.6 Å². The molecule has 1 aromatic rings. The summed E-state index contributed by atoms with van der Waals surface area (Å²) in [5.41, 5.74) is 1.37. The Morgan fingerprint density at radius 1 is 1.48 bits per heavy atom. The molecule has 2 atom stereocenters. The maximum atomic E-state index is 12.7. The maximum Gasteiger partial charge on any atom is 0.416 e. The molecule has 1 fully saturated rings. The van der Waals surface area contributed by atoms with Crippen molar-refractivity contribution < 1.29 is 18.3 Å². The lowest BCUT2D eigenvalue weighted by Gasteiger charge is -2.32. The van der Waals surface area contributed by atoms with Gasteiger partial charge in [-0.05, 0) is 37.5 Å². The fraction of sp³-hybridized carbons (Fsp3) is 0.500. The smallest absolute Gasteiger partial charge is 0.382 e. The van der Waals surface area contributed by atoms with Gasteiger partial charge in [0, 0.05) is 12.2 Å². The average molecular weight is 319 g/mol. The fourth-order valence-corrected chi connectivity index (χ4v) is 2.91. The molecule has 3 nitrogen and oxygen atoms in total. The molecule has 0 spiro atoms. The van der Waals surface area contributed by atoms with E-state index in [4.69, 9.17) is 16.9 Å². The lowest BCUT2D eigenvalue weighted by atomic mass is 10.0. The normalized spacial score (nSPS) is 20.4. The highest BCUT2D eigenvalue weighted by Crippen LogP contribution is 2.37. The zero-order chi connectivity index (χ0) is 15.8. The van der Waals surface area contributed by atoms with Gasteiger partial charge in [-0.15, -0.1) is 0 Å². The zero-order valence-electron chi connectivity index (χ0n) is 11.3. The molecule has 1 aliphatic heterocycles. The van der Waals surface area contributed by atoms with Crippen molar-refractivity contribution >= 4 is 17.3 Å². The maximum absolute atomic E-state index is 12.7. The van der Waals surface area contributed by atoms with Crippen molar-refractivity contribution in [3.05, 3.63) is 28.3 Å². The minimum Gasteiger partial charge on any atom is -0.382 e. The number of hydrogen-bond acceptors (Lipinski definition) is 3. The average Bonchev–Trinajstić information content (AvgIpc) is 2.88. The molecule has 2 rings (SSSR count). The van der Waals surface area contributed by atoms with E-state index in [1.807, 2.05) is 6.07 Å². The lowest BCUT2D eigenvalue weighted by Crippen LogP contribution is -2.47. The second-order valence-corrected chi connectivity index (χ2v) is 5.45. The van der Waals surface area contributed by atoms with Crippen molar-refractivity contribution in [1.82, 2.24) is 0 Å². The molecular weight excluding hydrogens is 305 g/mol. The number of halogens is 4. The molecule has 0 radical (unpaired) electrons. The Morgan fingerprint density at radius 3 is 2.71 bits per heavy atom. The molecule has 1 aliphatic rings. The van der Waals surface area contributed by atoms with Crippen LogP contribution in [0, 0.1) is 18.3 Å². The van der Waals surface area contributed by atoms with Gasteiger partial charge in [0.25, 0.3) is 0 Å². The fourth-order valence-electron chi connectivity index (χ4n) is 2.71. The number of rotatable bonds is 2. The summed E-state index contributed by atoms with van der Waals surface area (Å²) in [5.74, 6) is 0. The summed E-state index contributed by atoms with van der Waals surface area (Å²) in [6.07, 6.45) is -6.22. The molecule has 0 amide bonds. The first-order chi connectivity index (χ1) is 9.77. The number of aliphatic hydroxyl groups is 1. The van der Waals surface area contributed by atoms with E-state index < -0.39 is 18.3 Å². The molecule has 0 saturated carbocycles. The molecule has 0 bridgehead atoms. The summed E-state index contributed by atoms with van der Waals surface area (Å²) >= 11 is 6.06. The topological polar surface area (TPSA) is 47.3 Å². The number of hydrogen-bond donors (Lipinski definition) is 1. The minimum absolute atomic E-state index is 0.238. The molecule has 0 unspecified atom stereocenters. The van der Waals surface area contributed by atoms with Crippen LogP contribution in [-0.2, 0) is 0 Å². The first-order valence-electron chi connectivity index (χ1n) is 6.48. The van der Waals surface area contributed by atoms with E-state index in [0.717, 1.165) is 0 Å². The Bertz CT molecular complexity index is 583. The van der Waals surface area contributed by atoms with Crippen LogP contribution in [0.15, 0.2) is 12.1 Å². The number of aliphatic hydroxyl groups excluding tert-OH is 1. The predicted octanol–water partition coefficient (Wildman–Crippen LogP) is 3.41. The third kappa shape index (κ3) is 2.94. The van der Waals surface area contributed by atoms with Gasteiger partial charge in [-0.3, -0.25) is 0 Å². The Labute approximate surface area is 125 Å². The van der Waals surface area contributed by atoms with Gasteiger partial charge < -0.3 is 10.0 Å². The molecule has 7 heteroatoms. The second-order valence-electron chi connectivity index (χ2n) is 5.07. The van der Waals surface area contributed by atoms with Crippen molar-refractivity contribution in [3.8, 4) is 6.07 Å². The van der Waals surface area contributed by atoms with E-state index in [-0.39, 0.29) is 17.0 Å². The molecule has 114 valence electrons. The monoisotopic (exact) mass is 318 g/mol. The van der Waals surface area contributed by atoms with Crippen LogP contribution in [0.4, 0.5) is 18.9 Å². The van der Waals surface area contributed by atoms with Crippen molar-refractivity contribution in [3.63, 3.8) is 0 Å². The van der Waals surface area contributed by atoms with Crippen LogP contribution in [0.5, 0.6) is 0 Å². The van der Waals surface area contributed by atoms with Crippen molar-refractivity contribution in [2.45, 2.75) is 38.1 Å². The molecule has 1 heterocycles. The number of nitriles is 1. The molecule has 0 aliphatic carbocycles. The number of anilines is 1. The largest absolute Gasteiger partial charge is 0.416 e. The summed E-state index contributed by atoms with van der Waals surface area (Å²) in [7, 11) is 0. The molecule has 21 heavy (non-hydrogen) atoms. The minimum atomic E-state index is -4.66.